The van der Waals surface area contributed by atoms with Crippen LogP contribution in [-0.2, 0) is 0 Å². The van der Waals surface area contributed by atoms with Crippen LogP contribution >= 0.6 is 0 Å². The Balaban J connectivity index is 1.74. The average molecular weight is 339 g/mol. The van der Waals surface area contributed by atoms with Crippen LogP contribution < -0.4 is 10.2 Å². The molecular formula is C19H25N5O. The van der Waals surface area contributed by atoms with Crippen molar-refractivity contribution in [2.45, 2.75) is 20.8 Å². The number of benzene rings is 1. The molecule has 1 fully saturated rings. The van der Waals surface area contributed by atoms with Gasteiger partial charge in [0.05, 0.1) is 0 Å². The van der Waals surface area contributed by atoms with Gasteiger partial charge in [0, 0.05) is 37.9 Å². The Hall–Kier alpha value is -2.47. The molecule has 2 heterocycles. The predicted octanol–water partition coefficient (Wildman–Crippen LogP) is 2.49. The van der Waals surface area contributed by atoms with Gasteiger partial charge in [-0.05, 0) is 31.5 Å². The van der Waals surface area contributed by atoms with Gasteiger partial charge in [0.1, 0.15) is 17.8 Å². The molecule has 0 spiro atoms. The summed E-state index contributed by atoms with van der Waals surface area (Å²) in [5.74, 6) is 0.616. The van der Waals surface area contributed by atoms with Gasteiger partial charge >= 0.3 is 0 Å². The fourth-order valence-electron chi connectivity index (χ4n) is 3.13. The molecule has 1 amide bonds. The lowest BCUT2D eigenvalue weighted by atomic mass is 10.1. The minimum absolute atomic E-state index is 0.201. The lowest BCUT2D eigenvalue weighted by Crippen LogP contribution is -2.46. The SMILES string of the molecule is CCN1CCN(c2cc(C(=O)Nc3c(C)cccc3C)ncn2)CC1. The number of hydrogen-bond acceptors (Lipinski definition) is 5. The first-order valence-corrected chi connectivity index (χ1v) is 8.75. The number of hydrogen-bond donors (Lipinski definition) is 1. The first-order valence-electron chi connectivity index (χ1n) is 8.75. The van der Waals surface area contributed by atoms with Crippen molar-refractivity contribution in [3.63, 3.8) is 0 Å². The van der Waals surface area contributed by atoms with Crippen molar-refractivity contribution in [2.75, 3.05) is 42.9 Å². The first-order chi connectivity index (χ1) is 12.1. The molecule has 0 radical (unpaired) electrons. The summed E-state index contributed by atoms with van der Waals surface area (Å²) in [6.07, 6.45) is 1.47. The molecule has 1 aliphatic heterocycles. The molecule has 25 heavy (non-hydrogen) atoms. The van der Waals surface area contributed by atoms with Gasteiger partial charge in [-0.2, -0.15) is 0 Å². The van der Waals surface area contributed by atoms with Crippen LogP contribution in [-0.4, -0.2) is 53.5 Å². The largest absolute Gasteiger partial charge is 0.354 e. The summed E-state index contributed by atoms with van der Waals surface area (Å²) >= 11 is 0. The van der Waals surface area contributed by atoms with E-state index in [1.165, 1.54) is 6.33 Å². The minimum atomic E-state index is -0.201. The van der Waals surface area contributed by atoms with E-state index in [-0.39, 0.29) is 5.91 Å². The zero-order chi connectivity index (χ0) is 17.8. The van der Waals surface area contributed by atoms with Crippen molar-refractivity contribution >= 4 is 17.4 Å². The van der Waals surface area contributed by atoms with Crippen molar-refractivity contribution in [3.8, 4) is 0 Å². The van der Waals surface area contributed by atoms with E-state index in [4.69, 9.17) is 0 Å². The molecule has 1 saturated heterocycles. The molecule has 132 valence electrons. The Morgan fingerprint density at radius 3 is 2.44 bits per heavy atom. The molecule has 6 nitrogen and oxygen atoms in total. The Bertz CT molecular complexity index is 733. The Morgan fingerprint density at radius 1 is 1.12 bits per heavy atom. The summed E-state index contributed by atoms with van der Waals surface area (Å²) in [4.78, 5) is 25.8. The van der Waals surface area contributed by atoms with Crippen LogP contribution in [0.25, 0.3) is 0 Å². The second-order valence-corrected chi connectivity index (χ2v) is 6.40. The number of likely N-dealkylation sites (N-methyl/N-ethyl adjacent to an activating group) is 1. The molecule has 3 rings (SSSR count). The number of nitrogens with zero attached hydrogens (tertiary/aromatic N) is 4. The highest BCUT2D eigenvalue weighted by atomic mass is 16.1. The number of piperazine rings is 1. The molecule has 0 aliphatic carbocycles. The zero-order valence-electron chi connectivity index (χ0n) is 15.1. The van der Waals surface area contributed by atoms with Crippen molar-refractivity contribution in [2.24, 2.45) is 0 Å². The maximum Gasteiger partial charge on any atom is 0.274 e. The van der Waals surface area contributed by atoms with E-state index in [1.807, 2.05) is 32.0 Å². The summed E-state index contributed by atoms with van der Waals surface area (Å²) in [6, 6.07) is 7.74. The average Bonchev–Trinajstić information content (AvgIpc) is 2.65. The minimum Gasteiger partial charge on any atom is -0.354 e. The maximum atomic E-state index is 12.6. The number of amides is 1. The molecular weight excluding hydrogens is 314 g/mol. The molecule has 1 aliphatic rings. The number of anilines is 2. The quantitative estimate of drug-likeness (QED) is 0.927. The maximum absolute atomic E-state index is 12.6. The van der Waals surface area contributed by atoms with E-state index in [2.05, 4.69) is 32.0 Å². The third-order valence-corrected chi connectivity index (χ3v) is 4.75. The molecule has 0 saturated carbocycles. The van der Waals surface area contributed by atoms with Gasteiger partial charge in [0.15, 0.2) is 0 Å². The van der Waals surface area contributed by atoms with Gasteiger partial charge in [0.2, 0.25) is 0 Å². The molecule has 1 aromatic carbocycles. The number of aromatic nitrogens is 2. The molecule has 0 bridgehead atoms. The van der Waals surface area contributed by atoms with Gasteiger partial charge in [-0.1, -0.05) is 25.1 Å². The number of aryl methyl sites for hydroxylation is 2. The molecule has 0 unspecified atom stereocenters. The third kappa shape index (κ3) is 3.96. The topological polar surface area (TPSA) is 61.4 Å². The van der Waals surface area contributed by atoms with E-state index in [0.29, 0.717) is 5.69 Å². The fraction of sp³-hybridized carbons (Fsp3) is 0.421. The Morgan fingerprint density at radius 2 is 1.80 bits per heavy atom. The van der Waals surface area contributed by atoms with Crippen LogP contribution in [0.4, 0.5) is 11.5 Å². The number of rotatable bonds is 4. The van der Waals surface area contributed by atoms with Crippen LogP contribution in [0.15, 0.2) is 30.6 Å². The van der Waals surface area contributed by atoms with Crippen molar-refractivity contribution < 1.29 is 4.79 Å². The fourth-order valence-corrected chi connectivity index (χ4v) is 3.13. The number of carbonyl (C=O) groups excluding carboxylic acids is 1. The highest BCUT2D eigenvalue weighted by Crippen LogP contribution is 2.21. The van der Waals surface area contributed by atoms with Crippen molar-refractivity contribution in [1.29, 1.82) is 0 Å². The van der Waals surface area contributed by atoms with Crippen LogP contribution in [0, 0.1) is 13.8 Å². The van der Waals surface area contributed by atoms with Crippen LogP contribution in [0.3, 0.4) is 0 Å². The standard InChI is InChI=1S/C19H25N5O/c1-4-23-8-10-24(11-9-23)17-12-16(20-13-21-17)19(25)22-18-14(2)6-5-7-15(18)3/h5-7,12-13H,4,8-11H2,1-3H3,(H,22,25). The second kappa shape index (κ2) is 7.61. The number of carbonyl (C=O) groups is 1. The second-order valence-electron chi connectivity index (χ2n) is 6.40. The van der Waals surface area contributed by atoms with Gasteiger partial charge in [0.25, 0.3) is 5.91 Å². The molecule has 1 N–H and O–H groups in total. The van der Waals surface area contributed by atoms with E-state index in [1.54, 1.807) is 6.07 Å². The summed E-state index contributed by atoms with van der Waals surface area (Å²) in [7, 11) is 0. The Labute approximate surface area is 148 Å². The van der Waals surface area contributed by atoms with Gasteiger partial charge in [-0.3, -0.25) is 4.79 Å². The zero-order valence-corrected chi connectivity index (χ0v) is 15.1. The lowest BCUT2D eigenvalue weighted by molar-refractivity contribution is 0.102. The van der Waals surface area contributed by atoms with E-state index >= 15 is 0 Å². The smallest absolute Gasteiger partial charge is 0.274 e. The van der Waals surface area contributed by atoms with Gasteiger partial charge in [-0.25, -0.2) is 9.97 Å². The molecule has 1 aromatic heterocycles. The first kappa shape index (κ1) is 17.4. The lowest BCUT2D eigenvalue weighted by Gasteiger charge is -2.34. The van der Waals surface area contributed by atoms with Crippen LogP contribution in [0.5, 0.6) is 0 Å². The summed E-state index contributed by atoms with van der Waals surface area (Å²) < 4.78 is 0. The van der Waals surface area contributed by atoms with Gasteiger partial charge in [-0.15, -0.1) is 0 Å². The molecule has 6 heteroatoms. The summed E-state index contributed by atoms with van der Waals surface area (Å²) in [5, 5.41) is 2.99. The number of para-hydroxylation sites is 1. The monoisotopic (exact) mass is 339 g/mol. The highest BCUT2D eigenvalue weighted by molar-refractivity contribution is 6.04. The van der Waals surface area contributed by atoms with Crippen LogP contribution in [0.2, 0.25) is 0 Å². The van der Waals surface area contributed by atoms with E-state index in [0.717, 1.165) is 55.4 Å². The van der Waals surface area contributed by atoms with E-state index in [9.17, 15) is 4.79 Å². The summed E-state index contributed by atoms with van der Waals surface area (Å²) in [5.41, 5.74) is 3.33. The van der Waals surface area contributed by atoms with Gasteiger partial charge < -0.3 is 15.1 Å². The highest BCUT2D eigenvalue weighted by Gasteiger charge is 2.19. The Kier molecular flexibility index (Phi) is 5.28. The van der Waals surface area contributed by atoms with Crippen LogP contribution in [0.1, 0.15) is 28.5 Å². The van der Waals surface area contributed by atoms with Crippen molar-refractivity contribution in [3.05, 3.63) is 47.4 Å². The molecule has 2 aromatic rings. The third-order valence-electron chi connectivity index (χ3n) is 4.75. The van der Waals surface area contributed by atoms with Crippen molar-refractivity contribution in [1.82, 2.24) is 14.9 Å². The normalized spacial score (nSPS) is 15.2. The summed E-state index contributed by atoms with van der Waals surface area (Å²) in [6.45, 7) is 11.1. The van der Waals surface area contributed by atoms with E-state index < -0.39 is 0 Å². The molecule has 0 atom stereocenters. The number of nitrogens with one attached hydrogen (secondary N) is 1. The predicted molar refractivity (Wildman–Crippen MR) is 100 cm³/mol.